The maximum atomic E-state index is 12.0. The van der Waals surface area contributed by atoms with E-state index in [1.807, 2.05) is 18.2 Å². The lowest BCUT2D eigenvalue weighted by Crippen LogP contribution is -2.24. The van der Waals surface area contributed by atoms with Crippen LogP contribution < -0.4 is 10.2 Å². The fourth-order valence-electron chi connectivity index (χ4n) is 3.42. The minimum atomic E-state index is -0.312. The number of ether oxygens (including phenoxy) is 1. The van der Waals surface area contributed by atoms with E-state index in [4.69, 9.17) is 4.74 Å². The molecule has 31 heavy (non-hydrogen) atoms. The van der Waals surface area contributed by atoms with Crippen LogP contribution in [0, 0.1) is 13.8 Å². The molecule has 1 aromatic heterocycles. The van der Waals surface area contributed by atoms with Gasteiger partial charge < -0.3 is 9.30 Å². The third kappa shape index (κ3) is 6.31. The molecule has 1 N–H and O–H groups in total. The molecule has 0 aliphatic heterocycles. The van der Waals surface area contributed by atoms with E-state index < -0.39 is 0 Å². The summed E-state index contributed by atoms with van der Waals surface area (Å²) in [6, 6.07) is 18.1. The average molecular weight is 482 g/mol. The number of hydrogen-bond donors (Lipinski definition) is 1. The number of unbranched alkanes of at least 4 members (excludes halogenated alkanes) is 1. The van der Waals surface area contributed by atoms with Crippen LogP contribution in [0.1, 0.15) is 42.3 Å². The van der Waals surface area contributed by atoms with Crippen molar-refractivity contribution in [2.75, 3.05) is 6.61 Å². The SMILES string of the molecule is CCCCc1ccc(-n2c(C)cc(/C=N\NC(=O)COc3cccc(Br)c3)c2C)cc1. The summed E-state index contributed by atoms with van der Waals surface area (Å²) in [4.78, 5) is 12.0. The lowest BCUT2D eigenvalue weighted by molar-refractivity contribution is -0.123. The molecule has 0 saturated carbocycles. The van der Waals surface area contributed by atoms with Crippen LogP contribution in [0.25, 0.3) is 5.69 Å². The Morgan fingerprint density at radius 1 is 1.16 bits per heavy atom. The fourth-order valence-corrected chi connectivity index (χ4v) is 3.80. The highest BCUT2D eigenvalue weighted by Gasteiger charge is 2.10. The van der Waals surface area contributed by atoms with Crippen LogP contribution in [-0.2, 0) is 11.2 Å². The van der Waals surface area contributed by atoms with Crippen molar-refractivity contribution in [2.45, 2.75) is 40.0 Å². The largest absolute Gasteiger partial charge is 0.484 e. The van der Waals surface area contributed by atoms with Crippen molar-refractivity contribution < 1.29 is 9.53 Å². The molecular formula is C25H28BrN3O2. The zero-order valence-corrected chi connectivity index (χ0v) is 19.8. The molecule has 2 aromatic carbocycles. The number of nitrogens with one attached hydrogen (secondary N) is 1. The van der Waals surface area contributed by atoms with E-state index in [2.05, 4.69) is 82.1 Å². The molecule has 162 valence electrons. The summed E-state index contributed by atoms with van der Waals surface area (Å²) in [6.07, 6.45) is 5.20. The first-order valence-corrected chi connectivity index (χ1v) is 11.3. The lowest BCUT2D eigenvalue weighted by atomic mass is 10.1. The van der Waals surface area contributed by atoms with Crippen LogP contribution in [0.2, 0.25) is 0 Å². The van der Waals surface area contributed by atoms with Gasteiger partial charge in [0.25, 0.3) is 5.91 Å². The predicted octanol–water partition coefficient (Wildman–Crippen LogP) is 5.73. The van der Waals surface area contributed by atoms with E-state index in [0.717, 1.165) is 33.5 Å². The minimum Gasteiger partial charge on any atom is -0.484 e. The van der Waals surface area contributed by atoms with E-state index >= 15 is 0 Å². The Morgan fingerprint density at radius 3 is 2.65 bits per heavy atom. The molecular weight excluding hydrogens is 454 g/mol. The van der Waals surface area contributed by atoms with E-state index in [9.17, 15) is 4.79 Å². The normalized spacial score (nSPS) is 11.1. The van der Waals surface area contributed by atoms with Gasteiger partial charge in [0.15, 0.2) is 6.61 Å². The molecule has 5 nitrogen and oxygen atoms in total. The maximum absolute atomic E-state index is 12.0. The van der Waals surface area contributed by atoms with Crippen LogP contribution >= 0.6 is 15.9 Å². The van der Waals surface area contributed by atoms with Crippen LogP contribution in [-0.4, -0.2) is 23.3 Å². The Balaban J connectivity index is 1.60. The molecule has 0 bridgehead atoms. The van der Waals surface area contributed by atoms with Crippen LogP contribution in [0.5, 0.6) is 5.75 Å². The van der Waals surface area contributed by atoms with Gasteiger partial charge >= 0.3 is 0 Å². The molecule has 0 radical (unpaired) electrons. The molecule has 3 aromatic rings. The van der Waals surface area contributed by atoms with Gasteiger partial charge in [-0.1, -0.05) is 47.5 Å². The summed E-state index contributed by atoms with van der Waals surface area (Å²) < 4.78 is 8.57. The molecule has 6 heteroatoms. The quantitative estimate of drug-likeness (QED) is 0.313. The molecule has 0 unspecified atom stereocenters. The summed E-state index contributed by atoms with van der Waals surface area (Å²) in [7, 11) is 0. The maximum Gasteiger partial charge on any atom is 0.277 e. The van der Waals surface area contributed by atoms with Gasteiger partial charge in [0.05, 0.1) is 6.21 Å². The van der Waals surface area contributed by atoms with Crippen LogP contribution in [0.3, 0.4) is 0 Å². The number of carbonyl (C=O) groups excluding carboxylic acids is 1. The number of halogens is 1. The number of benzene rings is 2. The first kappa shape index (κ1) is 22.8. The third-order valence-electron chi connectivity index (χ3n) is 5.04. The van der Waals surface area contributed by atoms with E-state index in [1.165, 1.54) is 18.4 Å². The van der Waals surface area contributed by atoms with Gasteiger partial charge in [-0.3, -0.25) is 4.79 Å². The van der Waals surface area contributed by atoms with Gasteiger partial charge in [-0.2, -0.15) is 5.10 Å². The van der Waals surface area contributed by atoms with Crippen molar-refractivity contribution in [1.82, 2.24) is 9.99 Å². The Hall–Kier alpha value is -2.86. The standard InChI is InChI=1S/C25H28BrN3O2/c1-4-5-7-20-10-12-23(13-11-20)29-18(2)14-21(19(29)3)16-27-28-25(30)17-31-24-9-6-8-22(26)15-24/h6,8-16H,4-5,7,17H2,1-3H3,(H,28,30)/b27-16-. The second-order valence-corrected chi connectivity index (χ2v) is 8.39. The molecule has 0 fully saturated rings. The monoisotopic (exact) mass is 481 g/mol. The second-order valence-electron chi connectivity index (χ2n) is 7.47. The summed E-state index contributed by atoms with van der Waals surface area (Å²) in [6.45, 7) is 6.23. The number of hydrazone groups is 1. The predicted molar refractivity (Wildman–Crippen MR) is 129 cm³/mol. The number of carbonyl (C=O) groups is 1. The molecule has 0 saturated heterocycles. The highest BCUT2D eigenvalue weighted by atomic mass is 79.9. The van der Waals surface area contributed by atoms with Crippen molar-refractivity contribution in [3.05, 3.63) is 81.6 Å². The van der Waals surface area contributed by atoms with Crippen molar-refractivity contribution in [3.63, 3.8) is 0 Å². The zero-order chi connectivity index (χ0) is 22.2. The van der Waals surface area contributed by atoms with Crippen LogP contribution in [0.15, 0.2) is 64.2 Å². The summed E-state index contributed by atoms with van der Waals surface area (Å²) in [5.41, 5.74) is 8.16. The number of nitrogens with zero attached hydrogens (tertiary/aromatic N) is 2. The van der Waals surface area contributed by atoms with Gasteiger partial charge in [0.2, 0.25) is 0 Å². The third-order valence-corrected chi connectivity index (χ3v) is 5.54. The summed E-state index contributed by atoms with van der Waals surface area (Å²) in [5.74, 6) is 0.311. The fraction of sp³-hybridized carbons (Fsp3) is 0.280. The molecule has 0 aliphatic carbocycles. The van der Waals surface area contributed by atoms with Crippen molar-refractivity contribution in [2.24, 2.45) is 5.10 Å². The smallest absolute Gasteiger partial charge is 0.277 e. The number of amides is 1. The van der Waals surface area contributed by atoms with Gasteiger partial charge in [-0.25, -0.2) is 5.43 Å². The Kier molecular flexibility index (Phi) is 8.06. The lowest BCUT2D eigenvalue weighted by Gasteiger charge is -2.10. The van der Waals surface area contributed by atoms with Gasteiger partial charge in [-0.15, -0.1) is 0 Å². The average Bonchev–Trinajstić information content (AvgIpc) is 3.04. The second kappa shape index (κ2) is 11.0. The van der Waals surface area contributed by atoms with Crippen LogP contribution in [0.4, 0.5) is 0 Å². The van der Waals surface area contributed by atoms with E-state index in [0.29, 0.717) is 5.75 Å². The van der Waals surface area contributed by atoms with Crippen molar-refractivity contribution in [1.29, 1.82) is 0 Å². The highest BCUT2D eigenvalue weighted by Crippen LogP contribution is 2.21. The Morgan fingerprint density at radius 2 is 1.94 bits per heavy atom. The molecule has 0 aliphatic rings. The number of aromatic nitrogens is 1. The highest BCUT2D eigenvalue weighted by molar-refractivity contribution is 9.10. The van der Waals surface area contributed by atoms with Crippen molar-refractivity contribution in [3.8, 4) is 11.4 Å². The molecule has 1 amide bonds. The van der Waals surface area contributed by atoms with Gasteiger partial charge in [0, 0.05) is 27.1 Å². The van der Waals surface area contributed by atoms with Gasteiger partial charge in [0.1, 0.15) is 5.75 Å². The van der Waals surface area contributed by atoms with Crippen molar-refractivity contribution >= 4 is 28.1 Å². The summed E-state index contributed by atoms with van der Waals surface area (Å²) >= 11 is 3.38. The van der Waals surface area contributed by atoms with Gasteiger partial charge in [-0.05, 0) is 68.7 Å². The van der Waals surface area contributed by atoms with E-state index in [-0.39, 0.29) is 12.5 Å². The minimum absolute atomic E-state index is 0.100. The first-order chi connectivity index (χ1) is 15.0. The number of rotatable bonds is 9. The molecule has 3 rings (SSSR count). The molecule has 0 spiro atoms. The number of aryl methyl sites for hydroxylation is 2. The molecule has 0 atom stereocenters. The Bertz CT molecular complexity index is 1060. The summed E-state index contributed by atoms with van der Waals surface area (Å²) in [5, 5.41) is 4.10. The number of hydrogen-bond acceptors (Lipinski definition) is 3. The Labute approximate surface area is 192 Å². The molecule has 1 heterocycles. The van der Waals surface area contributed by atoms with E-state index in [1.54, 1.807) is 12.3 Å². The zero-order valence-electron chi connectivity index (χ0n) is 18.2. The first-order valence-electron chi connectivity index (χ1n) is 10.5. The topological polar surface area (TPSA) is 55.6 Å².